The molecule has 1 unspecified atom stereocenters. The molecule has 21 heavy (non-hydrogen) atoms. The molecule has 0 bridgehead atoms. The summed E-state index contributed by atoms with van der Waals surface area (Å²) in [4.78, 5) is 2.29. The summed E-state index contributed by atoms with van der Waals surface area (Å²) in [6.45, 7) is 2.93. The van der Waals surface area contributed by atoms with Crippen LogP contribution in [0.1, 0.15) is 30.4 Å². The highest BCUT2D eigenvalue weighted by Gasteiger charge is 2.21. The molecule has 0 saturated carbocycles. The van der Waals surface area contributed by atoms with Crippen LogP contribution in [0.25, 0.3) is 0 Å². The summed E-state index contributed by atoms with van der Waals surface area (Å²) in [7, 11) is 0. The minimum absolute atomic E-state index is 0.0230. The maximum Gasteiger partial charge on any atom is 0.124 e. The zero-order valence-corrected chi connectivity index (χ0v) is 12.2. The first-order chi connectivity index (χ1) is 10.2. The van der Waals surface area contributed by atoms with Gasteiger partial charge in [0, 0.05) is 31.7 Å². The van der Waals surface area contributed by atoms with Crippen molar-refractivity contribution in [2.45, 2.75) is 25.8 Å². The van der Waals surface area contributed by atoms with Crippen molar-refractivity contribution in [1.82, 2.24) is 4.90 Å². The maximum atomic E-state index is 13.6. The Morgan fingerprint density at radius 2 is 2.10 bits per heavy atom. The van der Waals surface area contributed by atoms with E-state index in [-0.39, 0.29) is 19.0 Å². The van der Waals surface area contributed by atoms with Gasteiger partial charge in [-0.25, -0.2) is 4.39 Å². The molecular weight excluding hydrogens is 269 g/mol. The highest BCUT2D eigenvalue weighted by Crippen LogP contribution is 2.21. The topological polar surface area (TPSA) is 43.7 Å². The van der Waals surface area contributed by atoms with Crippen molar-refractivity contribution in [2.75, 3.05) is 26.3 Å². The molecule has 1 aromatic rings. The van der Waals surface area contributed by atoms with Crippen LogP contribution in [0.3, 0.4) is 0 Å². The summed E-state index contributed by atoms with van der Waals surface area (Å²) in [6, 6.07) is 4.88. The van der Waals surface area contributed by atoms with E-state index < -0.39 is 0 Å². The first-order valence-corrected chi connectivity index (χ1v) is 7.43. The number of rotatable bonds is 5. The van der Waals surface area contributed by atoms with Gasteiger partial charge in [0.25, 0.3) is 0 Å². The standard InChI is InChI=1S/C17H22FNO2/c18-17-10-15(3-1-2-7-20)9-16(11-17)13-19-6-4-14(12-19)5-8-21/h9-11,14,20-21H,2,4-8,12-13H2. The second-order valence-electron chi connectivity index (χ2n) is 5.53. The molecule has 2 rings (SSSR count). The van der Waals surface area contributed by atoms with E-state index in [1.54, 1.807) is 6.07 Å². The minimum atomic E-state index is -0.271. The summed E-state index contributed by atoms with van der Waals surface area (Å²) in [5.41, 5.74) is 1.58. The lowest BCUT2D eigenvalue weighted by molar-refractivity contribution is 0.249. The van der Waals surface area contributed by atoms with Gasteiger partial charge in [-0.2, -0.15) is 0 Å². The second-order valence-corrected chi connectivity index (χ2v) is 5.53. The lowest BCUT2D eigenvalue weighted by Gasteiger charge is -2.16. The van der Waals surface area contributed by atoms with Crippen molar-refractivity contribution in [3.05, 3.63) is 35.1 Å². The molecule has 4 heteroatoms. The minimum Gasteiger partial charge on any atom is -0.396 e. The van der Waals surface area contributed by atoms with Crippen LogP contribution in [0.5, 0.6) is 0 Å². The number of benzene rings is 1. The van der Waals surface area contributed by atoms with Crippen molar-refractivity contribution in [3.63, 3.8) is 0 Å². The molecule has 1 aliphatic rings. The molecule has 114 valence electrons. The van der Waals surface area contributed by atoms with E-state index in [0.717, 1.165) is 31.5 Å². The Labute approximate surface area is 125 Å². The summed E-state index contributed by atoms with van der Waals surface area (Å²) in [5.74, 6) is 5.97. The Kier molecular flexibility index (Phi) is 6.19. The van der Waals surface area contributed by atoms with Gasteiger partial charge in [-0.15, -0.1) is 0 Å². The predicted octanol–water partition coefficient (Wildman–Crippen LogP) is 1.76. The van der Waals surface area contributed by atoms with Crippen LogP contribution < -0.4 is 0 Å². The van der Waals surface area contributed by atoms with Crippen LogP contribution in [-0.2, 0) is 6.54 Å². The van der Waals surface area contributed by atoms with Crippen LogP contribution in [0, 0.1) is 23.6 Å². The molecule has 3 nitrogen and oxygen atoms in total. The van der Waals surface area contributed by atoms with Crippen molar-refractivity contribution in [3.8, 4) is 11.8 Å². The first-order valence-electron chi connectivity index (χ1n) is 7.43. The van der Waals surface area contributed by atoms with Gasteiger partial charge in [0.2, 0.25) is 0 Å². The third-order valence-corrected chi connectivity index (χ3v) is 3.74. The predicted molar refractivity (Wildman–Crippen MR) is 80.1 cm³/mol. The monoisotopic (exact) mass is 291 g/mol. The fourth-order valence-corrected chi connectivity index (χ4v) is 2.77. The van der Waals surface area contributed by atoms with Gasteiger partial charge < -0.3 is 10.2 Å². The maximum absolute atomic E-state index is 13.6. The molecule has 0 spiro atoms. The van der Waals surface area contributed by atoms with E-state index in [4.69, 9.17) is 10.2 Å². The van der Waals surface area contributed by atoms with E-state index in [1.807, 2.05) is 6.07 Å². The lowest BCUT2D eigenvalue weighted by Crippen LogP contribution is -2.20. The number of aliphatic hydroxyl groups is 2. The number of nitrogens with zero attached hydrogens (tertiary/aromatic N) is 1. The van der Waals surface area contributed by atoms with E-state index in [1.165, 1.54) is 6.07 Å². The third-order valence-electron chi connectivity index (χ3n) is 3.74. The van der Waals surface area contributed by atoms with Gasteiger partial charge in [0.15, 0.2) is 0 Å². The smallest absolute Gasteiger partial charge is 0.124 e. The van der Waals surface area contributed by atoms with E-state index >= 15 is 0 Å². The molecule has 1 saturated heterocycles. The second kappa shape index (κ2) is 8.14. The fraction of sp³-hybridized carbons (Fsp3) is 0.529. The van der Waals surface area contributed by atoms with Gasteiger partial charge in [0.1, 0.15) is 5.82 Å². The molecule has 1 aromatic carbocycles. The Morgan fingerprint density at radius 1 is 1.24 bits per heavy atom. The normalized spacial score (nSPS) is 18.5. The van der Waals surface area contributed by atoms with Crippen molar-refractivity contribution in [1.29, 1.82) is 0 Å². The van der Waals surface area contributed by atoms with Crippen molar-refractivity contribution in [2.24, 2.45) is 5.92 Å². The Balaban J connectivity index is 1.99. The Hall–Kier alpha value is -1.41. The summed E-state index contributed by atoms with van der Waals surface area (Å²) >= 11 is 0. The van der Waals surface area contributed by atoms with Gasteiger partial charge in [0.05, 0.1) is 6.61 Å². The fourth-order valence-electron chi connectivity index (χ4n) is 2.77. The van der Waals surface area contributed by atoms with Crippen LogP contribution in [0.15, 0.2) is 18.2 Å². The lowest BCUT2D eigenvalue weighted by atomic mass is 10.1. The molecule has 2 N–H and O–H groups in total. The van der Waals surface area contributed by atoms with Crippen LogP contribution >= 0.6 is 0 Å². The zero-order valence-electron chi connectivity index (χ0n) is 12.2. The van der Waals surface area contributed by atoms with E-state index in [9.17, 15) is 4.39 Å². The summed E-state index contributed by atoms with van der Waals surface area (Å²) < 4.78 is 13.6. The van der Waals surface area contributed by atoms with Crippen LogP contribution in [0.4, 0.5) is 4.39 Å². The SMILES string of the molecule is OCCC#Cc1cc(F)cc(CN2CCC(CCO)C2)c1. The van der Waals surface area contributed by atoms with Crippen molar-refractivity contribution >= 4 is 0 Å². The molecule has 1 heterocycles. The molecule has 1 fully saturated rings. The highest BCUT2D eigenvalue weighted by molar-refractivity contribution is 5.37. The molecule has 0 amide bonds. The first kappa shape index (κ1) is 16.0. The third kappa shape index (κ3) is 5.13. The van der Waals surface area contributed by atoms with Crippen LogP contribution in [-0.4, -0.2) is 41.4 Å². The molecule has 0 radical (unpaired) electrons. The number of aliphatic hydroxyl groups excluding tert-OH is 2. The molecule has 1 aliphatic heterocycles. The molecule has 0 aromatic heterocycles. The Bertz CT molecular complexity index is 521. The number of likely N-dealkylation sites (tertiary alicyclic amines) is 1. The number of hydrogen-bond donors (Lipinski definition) is 2. The van der Waals surface area contributed by atoms with E-state index in [0.29, 0.717) is 24.4 Å². The Morgan fingerprint density at radius 3 is 2.86 bits per heavy atom. The average Bonchev–Trinajstić information content (AvgIpc) is 2.86. The molecule has 1 atom stereocenters. The average molecular weight is 291 g/mol. The van der Waals surface area contributed by atoms with Gasteiger partial charge in [-0.3, -0.25) is 4.90 Å². The summed E-state index contributed by atoms with van der Waals surface area (Å²) in [6.07, 6.45) is 2.34. The highest BCUT2D eigenvalue weighted by atomic mass is 19.1. The molecule has 0 aliphatic carbocycles. The number of hydrogen-bond acceptors (Lipinski definition) is 3. The van der Waals surface area contributed by atoms with Crippen LogP contribution in [0.2, 0.25) is 0 Å². The van der Waals surface area contributed by atoms with Crippen molar-refractivity contribution < 1.29 is 14.6 Å². The zero-order chi connectivity index (χ0) is 15.1. The largest absolute Gasteiger partial charge is 0.396 e. The number of halogens is 1. The molecular formula is C17H22FNO2. The van der Waals surface area contributed by atoms with Gasteiger partial charge >= 0.3 is 0 Å². The quantitative estimate of drug-likeness (QED) is 0.813. The van der Waals surface area contributed by atoms with E-state index in [2.05, 4.69) is 16.7 Å². The summed E-state index contributed by atoms with van der Waals surface area (Å²) in [5, 5.41) is 17.7. The van der Waals surface area contributed by atoms with Gasteiger partial charge in [-0.05, 0) is 49.1 Å². The van der Waals surface area contributed by atoms with Gasteiger partial charge in [-0.1, -0.05) is 11.8 Å².